The molecule has 8 heteroatoms. The first-order valence-electron chi connectivity index (χ1n) is 7.91. The highest BCUT2D eigenvalue weighted by atomic mass is 16.6. The molecule has 1 aromatic carbocycles. The van der Waals surface area contributed by atoms with Crippen LogP contribution in [0.4, 0.5) is 0 Å². The number of hydrogen-bond acceptors (Lipinski definition) is 6. The molecule has 8 nitrogen and oxygen atoms in total. The largest absolute Gasteiger partial charge is 0.486 e. The van der Waals surface area contributed by atoms with Crippen molar-refractivity contribution in [3.05, 3.63) is 52.4 Å². The molecule has 3 rings (SSSR count). The maximum Gasteiger partial charge on any atom is 0.271 e. The third-order valence-corrected chi connectivity index (χ3v) is 3.66. The van der Waals surface area contributed by atoms with E-state index in [-0.39, 0.29) is 36.4 Å². The van der Waals surface area contributed by atoms with Gasteiger partial charge in [0.05, 0.1) is 19.7 Å². The molecule has 1 unspecified atom stereocenters. The topological polar surface area (TPSA) is 91.7 Å². The minimum atomic E-state index is -0.381. The van der Waals surface area contributed by atoms with Crippen molar-refractivity contribution in [2.24, 2.45) is 0 Å². The van der Waals surface area contributed by atoms with E-state index in [1.807, 2.05) is 24.3 Å². The Morgan fingerprint density at radius 1 is 1.32 bits per heavy atom. The van der Waals surface area contributed by atoms with E-state index in [0.29, 0.717) is 24.7 Å². The summed E-state index contributed by atoms with van der Waals surface area (Å²) in [4.78, 5) is 24.0. The number of ether oxygens (including phenoxy) is 3. The summed E-state index contributed by atoms with van der Waals surface area (Å²) in [7, 11) is 1.53. The second-order valence-electron chi connectivity index (χ2n) is 5.48. The molecule has 0 bridgehead atoms. The van der Waals surface area contributed by atoms with E-state index in [9.17, 15) is 9.59 Å². The zero-order valence-corrected chi connectivity index (χ0v) is 13.8. The number of hydrogen-bond donors (Lipinski definition) is 1. The van der Waals surface area contributed by atoms with Crippen LogP contribution in [0.1, 0.15) is 10.5 Å². The van der Waals surface area contributed by atoms with Gasteiger partial charge in [-0.25, -0.2) is 4.68 Å². The Kier molecular flexibility index (Phi) is 5.30. The first-order valence-corrected chi connectivity index (χ1v) is 7.91. The molecule has 2 aromatic rings. The van der Waals surface area contributed by atoms with Gasteiger partial charge in [-0.05, 0) is 18.2 Å². The quantitative estimate of drug-likeness (QED) is 0.818. The molecule has 1 amide bonds. The van der Waals surface area contributed by atoms with E-state index in [2.05, 4.69) is 10.4 Å². The van der Waals surface area contributed by atoms with Crippen molar-refractivity contribution in [2.45, 2.75) is 12.6 Å². The smallest absolute Gasteiger partial charge is 0.271 e. The summed E-state index contributed by atoms with van der Waals surface area (Å²) in [6.07, 6.45) is -0.293. The molecule has 0 saturated heterocycles. The van der Waals surface area contributed by atoms with Gasteiger partial charge in [0.15, 0.2) is 11.5 Å². The molecule has 1 N–H and O–H groups in total. The number of rotatable bonds is 6. The summed E-state index contributed by atoms with van der Waals surface area (Å²) >= 11 is 0. The van der Waals surface area contributed by atoms with Gasteiger partial charge in [-0.3, -0.25) is 9.59 Å². The predicted octanol–water partition coefficient (Wildman–Crippen LogP) is 0.459. The summed E-state index contributed by atoms with van der Waals surface area (Å²) in [6, 6.07) is 10.1. The molecule has 1 aromatic heterocycles. The van der Waals surface area contributed by atoms with Gasteiger partial charge in [-0.1, -0.05) is 12.1 Å². The second kappa shape index (κ2) is 7.80. The fraction of sp³-hybridized carbons (Fsp3) is 0.353. The zero-order chi connectivity index (χ0) is 17.6. The van der Waals surface area contributed by atoms with Crippen LogP contribution in [0.2, 0.25) is 0 Å². The van der Waals surface area contributed by atoms with Crippen molar-refractivity contribution >= 4 is 5.91 Å². The van der Waals surface area contributed by atoms with Crippen LogP contribution in [0.5, 0.6) is 11.5 Å². The maximum absolute atomic E-state index is 12.3. The number of amides is 1. The monoisotopic (exact) mass is 345 g/mol. The van der Waals surface area contributed by atoms with Crippen molar-refractivity contribution in [3.63, 3.8) is 0 Å². The third-order valence-electron chi connectivity index (χ3n) is 3.66. The molecule has 1 aliphatic heterocycles. The van der Waals surface area contributed by atoms with E-state index >= 15 is 0 Å². The average molecular weight is 345 g/mol. The molecule has 132 valence electrons. The molecule has 1 aliphatic rings. The molecule has 0 fully saturated rings. The highest BCUT2D eigenvalue weighted by Crippen LogP contribution is 2.30. The Labute approximate surface area is 144 Å². The van der Waals surface area contributed by atoms with Crippen LogP contribution < -0.4 is 20.3 Å². The lowest BCUT2D eigenvalue weighted by Crippen LogP contribution is -2.41. The van der Waals surface area contributed by atoms with Crippen molar-refractivity contribution in [2.75, 3.05) is 26.9 Å². The van der Waals surface area contributed by atoms with Gasteiger partial charge in [0.1, 0.15) is 18.4 Å². The Morgan fingerprint density at radius 2 is 2.12 bits per heavy atom. The number of nitrogens with one attached hydrogen (secondary N) is 1. The zero-order valence-electron chi connectivity index (χ0n) is 13.8. The van der Waals surface area contributed by atoms with Gasteiger partial charge >= 0.3 is 0 Å². The normalized spacial score (nSPS) is 15.6. The lowest BCUT2D eigenvalue weighted by atomic mass is 10.2. The number of fused-ring (bicyclic) bond motifs is 1. The summed E-state index contributed by atoms with van der Waals surface area (Å²) in [5.74, 6) is 0.963. The van der Waals surface area contributed by atoms with Crippen molar-refractivity contribution in [1.29, 1.82) is 0 Å². The van der Waals surface area contributed by atoms with Gasteiger partial charge in [0.25, 0.3) is 11.5 Å². The summed E-state index contributed by atoms with van der Waals surface area (Å²) < 4.78 is 17.5. The molecule has 0 aliphatic carbocycles. The number of nitrogens with zero attached hydrogens (tertiary/aromatic N) is 2. The van der Waals surface area contributed by atoms with Crippen LogP contribution in [-0.4, -0.2) is 48.7 Å². The van der Waals surface area contributed by atoms with Gasteiger partial charge < -0.3 is 19.5 Å². The lowest BCUT2D eigenvalue weighted by Gasteiger charge is -2.26. The van der Waals surface area contributed by atoms with Gasteiger partial charge in [-0.2, -0.15) is 5.10 Å². The van der Waals surface area contributed by atoms with Gasteiger partial charge in [0.2, 0.25) is 0 Å². The summed E-state index contributed by atoms with van der Waals surface area (Å²) in [6.45, 7) is 1.24. The first kappa shape index (κ1) is 17.0. The maximum atomic E-state index is 12.3. The highest BCUT2D eigenvalue weighted by Gasteiger charge is 2.21. The Hall–Kier alpha value is -2.87. The Bertz CT molecular complexity index is 805. The SMILES string of the molecule is COCCn1nc(C(=O)NCC2COc3ccccc3O2)ccc1=O. The van der Waals surface area contributed by atoms with E-state index < -0.39 is 0 Å². The highest BCUT2D eigenvalue weighted by molar-refractivity contribution is 5.92. The fourth-order valence-electron chi connectivity index (χ4n) is 2.37. The predicted molar refractivity (Wildman–Crippen MR) is 89.1 cm³/mol. The van der Waals surface area contributed by atoms with Crippen molar-refractivity contribution in [3.8, 4) is 11.5 Å². The molecule has 25 heavy (non-hydrogen) atoms. The van der Waals surface area contributed by atoms with E-state index in [1.54, 1.807) is 0 Å². The Morgan fingerprint density at radius 3 is 2.92 bits per heavy atom. The number of aromatic nitrogens is 2. The van der Waals surface area contributed by atoms with Crippen molar-refractivity contribution < 1.29 is 19.0 Å². The van der Waals surface area contributed by atoms with E-state index in [4.69, 9.17) is 14.2 Å². The number of methoxy groups -OCH3 is 1. The standard InChI is InChI=1S/C17H19N3O5/c1-23-9-8-20-16(21)7-6-13(19-20)17(22)18-10-12-11-24-14-4-2-3-5-15(14)25-12/h2-7,12H,8-11H2,1H3,(H,18,22). The molecule has 1 atom stereocenters. The molecular formula is C17H19N3O5. The Balaban J connectivity index is 1.59. The first-order chi connectivity index (χ1) is 12.2. The van der Waals surface area contributed by atoms with Crippen LogP contribution in [-0.2, 0) is 11.3 Å². The van der Waals surface area contributed by atoms with E-state index in [1.165, 1.54) is 23.9 Å². The number of benzene rings is 1. The number of para-hydroxylation sites is 2. The molecule has 0 spiro atoms. The minimum Gasteiger partial charge on any atom is -0.486 e. The molecule has 0 radical (unpaired) electrons. The van der Waals surface area contributed by atoms with Gasteiger partial charge in [-0.15, -0.1) is 0 Å². The lowest BCUT2D eigenvalue weighted by molar-refractivity contribution is 0.0784. The molecular weight excluding hydrogens is 326 g/mol. The van der Waals surface area contributed by atoms with Crippen LogP contribution in [0.25, 0.3) is 0 Å². The van der Waals surface area contributed by atoms with Crippen LogP contribution >= 0.6 is 0 Å². The average Bonchev–Trinajstić information content (AvgIpc) is 2.65. The molecule has 2 heterocycles. The summed E-state index contributed by atoms with van der Waals surface area (Å²) in [5, 5.41) is 6.80. The molecule has 0 saturated carbocycles. The van der Waals surface area contributed by atoms with Crippen LogP contribution in [0.3, 0.4) is 0 Å². The number of carbonyl (C=O) groups is 1. The van der Waals surface area contributed by atoms with Crippen molar-refractivity contribution in [1.82, 2.24) is 15.1 Å². The van der Waals surface area contributed by atoms with Gasteiger partial charge in [0, 0.05) is 13.2 Å². The number of carbonyl (C=O) groups excluding carboxylic acids is 1. The third kappa shape index (κ3) is 4.16. The van der Waals surface area contributed by atoms with Crippen LogP contribution in [0, 0.1) is 0 Å². The minimum absolute atomic E-state index is 0.160. The van der Waals surface area contributed by atoms with E-state index in [0.717, 1.165) is 0 Å². The second-order valence-corrected chi connectivity index (χ2v) is 5.48. The fourth-order valence-corrected chi connectivity index (χ4v) is 2.37. The van der Waals surface area contributed by atoms with Crippen LogP contribution in [0.15, 0.2) is 41.2 Å². The summed E-state index contributed by atoms with van der Waals surface area (Å²) in [5.41, 5.74) is -0.123.